The Morgan fingerprint density at radius 3 is 2.90 bits per heavy atom. The van der Waals surface area contributed by atoms with Crippen molar-refractivity contribution in [1.29, 1.82) is 0 Å². The summed E-state index contributed by atoms with van der Waals surface area (Å²) in [4.78, 5) is 3.25. The number of tetrazole rings is 1. The Hall–Kier alpha value is -2.89. The van der Waals surface area contributed by atoms with Crippen molar-refractivity contribution in [2.24, 2.45) is 7.05 Å². The van der Waals surface area contributed by atoms with Gasteiger partial charge in [-0.15, -0.1) is 10.2 Å². The van der Waals surface area contributed by atoms with Gasteiger partial charge in [-0.2, -0.15) is 5.21 Å². The lowest BCUT2D eigenvalue weighted by Gasteiger charge is -1.99. The summed E-state index contributed by atoms with van der Waals surface area (Å²) in [7, 11) is 2.04. The molecule has 0 radical (unpaired) electrons. The number of H-pyrrole nitrogens is 2. The normalized spacial score (nSPS) is 11.2. The lowest BCUT2D eigenvalue weighted by Crippen LogP contribution is -1.85. The minimum atomic E-state index is 0.605. The largest absolute Gasteiger partial charge is 0.361 e. The van der Waals surface area contributed by atoms with Crippen molar-refractivity contribution in [1.82, 2.24) is 30.2 Å². The van der Waals surface area contributed by atoms with Crippen molar-refractivity contribution in [2.75, 3.05) is 0 Å². The molecule has 0 atom stereocenters. The Morgan fingerprint density at radius 2 is 2.15 bits per heavy atom. The van der Waals surface area contributed by atoms with E-state index in [9.17, 15) is 0 Å². The van der Waals surface area contributed by atoms with E-state index in [1.807, 2.05) is 25.4 Å². The molecular weight excluding hydrogens is 252 g/mol. The maximum absolute atomic E-state index is 4.03. The van der Waals surface area contributed by atoms with Crippen LogP contribution in [-0.4, -0.2) is 30.2 Å². The monoisotopic (exact) mass is 264 g/mol. The van der Waals surface area contributed by atoms with Gasteiger partial charge in [0.2, 0.25) is 5.82 Å². The predicted molar refractivity (Wildman–Crippen MR) is 75.9 cm³/mol. The van der Waals surface area contributed by atoms with Gasteiger partial charge in [-0.3, -0.25) is 0 Å². The van der Waals surface area contributed by atoms with E-state index in [-0.39, 0.29) is 0 Å². The van der Waals surface area contributed by atoms with Gasteiger partial charge in [-0.05, 0) is 35.5 Å². The van der Waals surface area contributed by atoms with E-state index in [1.54, 1.807) is 0 Å². The molecule has 0 bridgehead atoms. The molecule has 4 rings (SSSR count). The highest BCUT2D eigenvalue weighted by molar-refractivity contribution is 5.97. The Bertz CT molecular complexity index is 855. The molecule has 0 spiro atoms. The second-order valence-corrected chi connectivity index (χ2v) is 4.70. The molecule has 6 heteroatoms. The lowest BCUT2D eigenvalue weighted by atomic mass is 10.1. The molecular formula is C14H12N6. The van der Waals surface area contributed by atoms with Gasteiger partial charge in [0.05, 0.1) is 0 Å². The first kappa shape index (κ1) is 11.0. The molecule has 0 unspecified atom stereocenters. The van der Waals surface area contributed by atoms with Crippen LogP contribution in [0.1, 0.15) is 0 Å². The van der Waals surface area contributed by atoms with Crippen LogP contribution in [0.15, 0.2) is 42.7 Å². The van der Waals surface area contributed by atoms with Gasteiger partial charge in [0, 0.05) is 47.2 Å². The number of nitrogens with one attached hydrogen (secondary N) is 2. The van der Waals surface area contributed by atoms with Crippen LogP contribution in [0, 0.1) is 0 Å². The summed E-state index contributed by atoms with van der Waals surface area (Å²) >= 11 is 0. The van der Waals surface area contributed by atoms with Crippen LogP contribution in [0.2, 0.25) is 0 Å². The fraction of sp³-hybridized carbons (Fsp3) is 0.0714. The Morgan fingerprint density at radius 1 is 1.20 bits per heavy atom. The molecule has 1 aromatic carbocycles. The maximum atomic E-state index is 4.03. The van der Waals surface area contributed by atoms with Crippen LogP contribution in [0.5, 0.6) is 0 Å². The zero-order valence-electron chi connectivity index (χ0n) is 10.8. The van der Waals surface area contributed by atoms with Crippen LogP contribution in [-0.2, 0) is 7.05 Å². The fourth-order valence-electron chi connectivity index (χ4n) is 2.53. The third kappa shape index (κ3) is 1.55. The number of aryl methyl sites for hydroxylation is 1. The second kappa shape index (κ2) is 4.06. The molecule has 0 amide bonds. The third-order valence-electron chi connectivity index (χ3n) is 3.48. The topological polar surface area (TPSA) is 75.2 Å². The van der Waals surface area contributed by atoms with Gasteiger partial charge in [0.25, 0.3) is 0 Å². The first-order chi connectivity index (χ1) is 9.83. The van der Waals surface area contributed by atoms with Crippen molar-refractivity contribution in [3.8, 4) is 22.6 Å². The van der Waals surface area contributed by atoms with Gasteiger partial charge in [-0.1, -0.05) is 0 Å². The molecule has 0 aliphatic rings. The zero-order chi connectivity index (χ0) is 13.5. The quantitative estimate of drug-likeness (QED) is 0.583. The van der Waals surface area contributed by atoms with Crippen molar-refractivity contribution >= 4 is 10.9 Å². The first-order valence-electron chi connectivity index (χ1n) is 6.29. The molecule has 0 aliphatic carbocycles. The van der Waals surface area contributed by atoms with Gasteiger partial charge >= 0.3 is 0 Å². The molecule has 0 saturated heterocycles. The van der Waals surface area contributed by atoms with Crippen molar-refractivity contribution in [3.05, 3.63) is 42.7 Å². The zero-order valence-corrected chi connectivity index (χ0v) is 10.8. The predicted octanol–water partition coefficient (Wildman–Crippen LogP) is 2.35. The van der Waals surface area contributed by atoms with E-state index in [4.69, 9.17) is 0 Å². The number of aromatic amines is 2. The number of hydrogen-bond donors (Lipinski definition) is 2. The highest BCUT2D eigenvalue weighted by Crippen LogP contribution is 2.31. The third-order valence-corrected chi connectivity index (χ3v) is 3.48. The van der Waals surface area contributed by atoms with Crippen LogP contribution in [0.25, 0.3) is 33.5 Å². The SMILES string of the molecule is Cn1cc(-c2ccc[nH]2)c2cc(-c3nn[nH]n3)ccc21. The van der Waals surface area contributed by atoms with Crippen LogP contribution in [0.3, 0.4) is 0 Å². The van der Waals surface area contributed by atoms with E-state index < -0.39 is 0 Å². The summed E-state index contributed by atoms with van der Waals surface area (Å²) < 4.78 is 2.12. The molecule has 0 aliphatic heterocycles. The molecule has 3 heterocycles. The van der Waals surface area contributed by atoms with Crippen LogP contribution >= 0.6 is 0 Å². The van der Waals surface area contributed by atoms with Crippen LogP contribution < -0.4 is 0 Å². The average Bonchev–Trinajstić information content (AvgIpc) is 3.19. The summed E-state index contributed by atoms with van der Waals surface area (Å²) in [6.07, 6.45) is 4.05. The minimum absolute atomic E-state index is 0.605. The Kier molecular flexibility index (Phi) is 2.23. The highest BCUT2D eigenvalue weighted by Gasteiger charge is 2.11. The van der Waals surface area contributed by atoms with E-state index >= 15 is 0 Å². The average molecular weight is 264 g/mol. The molecule has 4 aromatic rings. The lowest BCUT2D eigenvalue weighted by molar-refractivity contribution is 0.881. The minimum Gasteiger partial charge on any atom is -0.361 e. The molecule has 3 aromatic heterocycles. The summed E-state index contributed by atoms with van der Waals surface area (Å²) in [5, 5.41) is 15.3. The highest BCUT2D eigenvalue weighted by atomic mass is 15.5. The molecule has 0 saturated carbocycles. The number of fused-ring (bicyclic) bond motifs is 1. The Labute approximate surface area is 114 Å². The number of nitrogens with zero attached hydrogens (tertiary/aromatic N) is 4. The molecule has 20 heavy (non-hydrogen) atoms. The number of aromatic nitrogens is 6. The van der Waals surface area contributed by atoms with Crippen LogP contribution in [0.4, 0.5) is 0 Å². The fourth-order valence-corrected chi connectivity index (χ4v) is 2.53. The van der Waals surface area contributed by atoms with Gasteiger partial charge < -0.3 is 9.55 Å². The summed E-state index contributed by atoms with van der Waals surface area (Å²) in [5.41, 5.74) is 4.38. The maximum Gasteiger partial charge on any atom is 0.204 e. The number of rotatable bonds is 2. The van der Waals surface area contributed by atoms with E-state index in [0.29, 0.717) is 5.82 Å². The number of benzene rings is 1. The summed E-state index contributed by atoms with van der Waals surface area (Å²) in [5.74, 6) is 0.605. The smallest absolute Gasteiger partial charge is 0.204 e. The van der Waals surface area contributed by atoms with E-state index in [1.165, 1.54) is 5.52 Å². The summed E-state index contributed by atoms with van der Waals surface area (Å²) in [6, 6.07) is 10.2. The van der Waals surface area contributed by atoms with E-state index in [0.717, 1.165) is 22.2 Å². The first-order valence-corrected chi connectivity index (χ1v) is 6.29. The standard InChI is InChI=1S/C14H12N6/c1-20-8-11(12-3-2-6-15-12)10-7-9(4-5-13(10)20)14-16-18-19-17-14/h2-8,15H,1H3,(H,16,17,18,19). The molecule has 2 N–H and O–H groups in total. The van der Waals surface area contributed by atoms with Gasteiger partial charge in [0.15, 0.2) is 0 Å². The second-order valence-electron chi connectivity index (χ2n) is 4.70. The van der Waals surface area contributed by atoms with Gasteiger partial charge in [0.1, 0.15) is 0 Å². The number of hydrogen-bond acceptors (Lipinski definition) is 3. The van der Waals surface area contributed by atoms with Crippen molar-refractivity contribution in [2.45, 2.75) is 0 Å². The van der Waals surface area contributed by atoms with Crippen molar-refractivity contribution in [3.63, 3.8) is 0 Å². The molecule has 98 valence electrons. The van der Waals surface area contributed by atoms with E-state index in [2.05, 4.69) is 54.6 Å². The molecule has 6 nitrogen and oxygen atoms in total. The summed E-state index contributed by atoms with van der Waals surface area (Å²) in [6.45, 7) is 0. The van der Waals surface area contributed by atoms with Crippen molar-refractivity contribution < 1.29 is 0 Å². The molecule has 0 fully saturated rings. The Balaban J connectivity index is 1.99. The van der Waals surface area contributed by atoms with Gasteiger partial charge in [-0.25, -0.2) is 0 Å².